The van der Waals surface area contributed by atoms with Crippen molar-refractivity contribution in [1.29, 1.82) is 0 Å². The molecule has 4 aliphatic rings. The number of rotatable bonds is 6. The third-order valence-corrected chi connectivity index (χ3v) is 7.08. The van der Waals surface area contributed by atoms with Crippen LogP contribution in [0.5, 0.6) is 0 Å². The minimum absolute atomic E-state index is 0.354. The predicted molar refractivity (Wildman–Crippen MR) is 99.3 cm³/mol. The lowest BCUT2D eigenvalue weighted by atomic mass is 9.49. The molecule has 3 aliphatic carbocycles. The summed E-state index contributed by atoms with van der Waals surface area (Å²) in [5.74, 6) is 1.56. The Kier molecular flexibility index (Phi) is 4.55. The van der Waals surface area contributed by atoms with Crippen LogP contribution in [0.4, 0.5) is 0 Å². The molecule has 2 heterocycles. The van der Waals surface area contributed by atoms with Gasteiger partial charge in [-0.3, -0.25) is 4.90 Å². The Morgan fingerprint density at radius 2 is 2.20 bits per heavy atom. The summed E-state index contributed by atoms with van der Waals surface area (Å²) in [5, 5.41) is 10.4. The zero-order valence-corrected chi connectivity index (χ0v) is 15.8. The Bertz CT molecular complexity index is 648. The molecule has 1 aromatic heterocycles. The molecule has 1 fully saturated rings. The molecule has 0 saturated heterocycles. The van der Waals surface area contributed by atoms with Crippen LogP contribution in [0, 0.1) is 17.3 Å². The summed E-state index contributed by atoms with van der Waals surface area (Å²) in [7, 11) is 0. The first-order valence-electron chi connectivity index (χ1n) is 9.80. The first-order chi connectivity index (χ1) is 12.0. The fraction of sp³-hybridized carbons (Fsp3) is 0.714. The molecule has 1 saturated carbocycles. The maximum Gasteiger partial charge on any atom is 0.0900 e. The van der Waals surface area contributed by atoms with Gasteiger partial charge in [0.2, 0.25) is 0 Å². The van der Waals surface area contributed by atoms with Crippen molar-refractivity contribution in [3.8, 4) is 0 Å². The summed E-state index contributed by atoms with van der Waals surface area (Å²) in [6, 6.07) is 4.65. The highest BCUT2D eigenvalue weighted by Gasteiger charge is 2.50. The molecule has 4 nitrogen and oxygen atoms in total. The molecule has 138 valence electrons. The van der Waals surface area contributed by atoms with Crippen molar-refractivity contribution in [3.63, 3.8) is 0 Å². The summed E-state index contributed by atoms with van der Waals surface area (Å²) in [5.41, 5.74) is 3.25. The van der Waals surface area contributed by atoms with Crippen molar-refractivity contribution in [3.05, 3.63) is 35.7 Å². The van der Waals surface area contributed by atoms with Gasteiger partial charge in [0.15, 0.2) is 0 Å². The first-order valence-corrected chi connectivity index (χ1v) is 9.80. The van der Waals surface area contributed by atoms with Crippen molar-refractivity contribution in [2.75, 3.05) is 26.3 Å². The van der Waals surface area contributed by atoms with Gasteiger partial charge in [0.1, 0.15) is 0 Å². The van der Waals surface area contributed by atoms with E-state index in [-0.39, 0.29) is 0 Å². The molecule has 4 atom stereocenters. The summed E-state index contributed by atoms with van der Waals surface area (Å²) in [6.45, 7) is 10.8. The first kappa shape index (κ1) is 17.3. The van der Waals surface area contributed by atoms with Crippen LogP contribution >= 0.6 is 0 Å². The number of aromatic nitrogens is 1. The number of nitrogens with zero attached hydrogens (tertiary/aromatic N) is 2. The number of ether oxygens (including phenoxy) is 1. The minimum Gasteiger partial charge on any atom is -0.389 e. The second-order valence-electron chi connectivity index (χ2n) is 8.79. The highest BCUT2D eigenvalue weighted by atomic mass is 16.5. The average Bonchev–Trinajstić information content (AvgIpc) is 3.07. The SMILES string of the molecule is C[C@@H]1c2cccn2CCN1C[C@@H](O)COCC1=CC[C@@H]2C[C@@H]1C2(C)C. The molecule has 5 rings (SSSR count). The smallest absolute Gasteiger partial charge is 0.0900 e. The Labute approximate surface area is 151 Å². The quantitative estimate of drug-likeness (QED) is 0.805. The molecule has 4 heteroatoms. The zero-order chi connectivity index (χ0) is 17.6. The maximum absolute atomic E-state index is 10.4. The molecule has 1 aliphatic heterocycles. The normalized spacial score (nSPS) is 31.8. The van der Waals surface area contributed by atoms with E-state index in [0.29, 0.717) is 37.1 Å². The van der Waals surface area contributed by atoms with E-state index in [9.17, 15) is 5.11 Å². The van der Waals surface area contributed by atoms with E-state index >= 15 is 0 Å². The number of aliphatic hydroxyl groups is 1. The maximum atomic E-state index is 10.4. The summed E-state index contributed by atoms with van der Waals surface area (Å²) >= 11 is 0. The Balaban J connectivity index is 1.24. The van der Waals surface area contributed by atoms with Crippen molar-refractivity contribution >= 4 is 0 Å². The molecule has 0 unspecified atom stereocenters. The van der Waals surface area contributed by atoms with E-state index in [1.807, 2.05) is 0 Å². The van der Waals surface area contributed by atoms with Crippen LogP contribution in [-0.4, -0.2) is 47.0 Å². The van der Waals surface area contributed by atoms with Gasteiger partial charge in [-0.25, -0.2) is 0 Å². The Hall–Kier alpha value is -1.10. The largest absolute Gasteiger partial charge is 0.389 e. The topological polar surface area (TPSA) is 37.6 Å². The fourth-order valence-corrected chi connectivity index (χ4v) is 5.15. The van der Waals surface area contributed by atoms with Gasteiger partial charge < -0.3 is 14.4 Å². The number of allylic oxidation sites excluding steroid dienone is 1. The molecule has 0 radical (unpaired) electrons. The van der Waals surface area contributed by atoms with Gasteiger partial charge in [0, 0.05) is 37.6 Å². The van der Waals surface area contributed by atoms with Gasteiger partial charge in [0.25, 0.3) is 0 Å². The summed E-state index contributed by atoms with van der Waals surface area (Å²) < 4.78 is 8.22. The number of fused-ring (bicyclic) bond motifs is 2. The van der Waals surface area contributed by atoms with E-state index < -0.39 is 6.10 Å². The van der Waals surface area contributed by atoms with Gasteiger partial charge in [-0.15, -0.1) is 0 Å². The predicted octanol–water partition coefficient (Wildman–Crippen LogP) is 3.23. The highest BCUT2D eigenvalue weighted by molar-refractivity contribution is 5.23. The number of hydrogen-bond donors (Lipinski definition) is 1. The number of aliphatic hydroxyl groups excluding tert-OH is 1. The molecule has 0 amide bonds. The standard InChI is InChI=1S/C21H32N2O2/c1-15-20-5-4-8-22(20)9-10-23(15)12-18(24)14-25-13-16-6-7-17-11-19(16)21(17,2)3/h4-6,8,15,17-19,24H,7,9-14H2,1-3H3/t15-,17-,18-,19+/m1/s1. The Morgan fingerprint density at radius 3 is 2.96 bits per heavy atom. The monoisotopic (exact) mass is 344 g/mol. The van der Waals surface area contributed by atoms with Crippen LogP contribution in [0.25, 0.3) is 0 Å². The van der Waals surface area contributed by atoms with Crippen LogP contribution in [0.3, 0.4) is 0 Å². The lowest BCUT2D eigenvalue weighted by Crippen LogP contribution is -2.48. The van der Waals surface area contributed by atoms with Crippen LogP contribution in [0.2, 0.25) is 0 Å². The average molecular weight is 344 g/mol. The lowest BCUT2D eigenvalue weighted by molar-refractivity contribution is -0.0281. The second-order valence-corrected chi connectivity index (χ2v) is 8.79. The molecule has 2 bridgehead atoms. The van der Waals surface area contributed by atoms with Crippen molar-refractivity contribution < 1.29 is 9.84 Å². The number of hydrogen-bond acceptors (Lipinski definition) is 3. The van der Waals surface area contributed by atoms with Gasteiger partial charge in [-0.2, -0.15) is 0 Å². The van der Waals surface area contributed by atoms with Crippen molar-refractivity contribution in [1.82, 2.24) is 9.47 Å². The lowest BCUT2D eigenvalue weighted by Gasteiger charge is -2.56. The second kappa shape index (κ2) is 6.57. The molecule has 0 spiro atoms. The van der Waals surface area contributed by atoms with E-state index in [0.717, 1.165) is 19.0 Å². The van der Waals surface area contributed by atoms with E-state index in [1.165, 1.54) is 24.1 Å². The zero-order valence-electron chi connectivity index (χ0n) is 15.8. The molecule has 25 heavy (non-hydrogen) atoms. The van der Waals surface area contributed by atoms with Gasteiger partial charge >= 0.3 is 0 Å². The van der Waals surface area contributed by atoms with Crippen LogP contribution in [0.15, 0.2) is 30.0 Å². The molecule has 1 aromatic rings. The molecule has 0 aromatic carbocycles. The third kappa shape index (κ3) is 3.09. The van der Waals surface area contributed by atoms with E-state index in [2.05, 4.69) is 54.6 Å². The third-order valence-electron chi connectivity index (χ3n) is 7.08. The number of β-amino-alcohol motifs (C(OH)–C–C–N with tert-alkyl or cyclic N) is 1. The minimum atomic E-state index is -0.421. The van der Waals surface area contributed by atoms with Crippen LogP contribution in [0.1, 0.15) is 45.3 Å². The summed E-state index contributed by atoms with van der Waals surface area (Å²) in [6.07, 6.45) is 6.64. The summed E-state index contributed by atoms with van der Waals surface area (Å²) in [4.78, 5) is 2.36. The van der Waals surface area contributed by atoms with Crippen molar-refractivity contribution in [2.45, 2.75) is 52.3 Å². The van der Waals surface area contributed by atoms with Crippen LogP contribution in [-0.2, 0) is 11.3 Å². The molecular weight excluding hydrogens is 312 g/mol. The highest BCUT2D eigenvalue weighted by Crippen LogP contribution is 2.59. The Morgan fingerprint density at radius 1 is 1.36 bits per heavy atom. The van der Waals surface area contributed by atoms with Crippen LogP contribution < -0.4 is 0 Å². The van der Waals surface area contributed by atoms with E-state index in [4.69, 9.17) is 4.74 Å². The molecular formula is C21H32N2O2. The van der Waals surface area contributed by atoms with E-state index in [1.54, 1.807) is 0 Å². The fourth-order valence-electron chi connectivity index (χ4n) is 5.15. The van der Waals surface area contributed by atoms with Gasteiger partial charge in [0.05, 0.1) is 19.3 Å². The van der Waals surface area contributed by atoms with Gasteiger partial charge in [-0.05, 0) is 54.7 Å². The van der Waals surface area contributed by atoms with Crippen molar-refractivity contribution in [2.24, 2.45) is 17.3 Å². The van der Waals surface area contributed by atoms with Gasteiger partial charge in [-0.1, -0.05) is 19.9 Å². The molecule has 1 N–H and O–H groups in total.